The first-order chi connectivity index (χ1) is 19.5. The van der Waals surface area contributed by atoms with Gasteiger partial charge in [0, 0.05) is 26.1 Å². The molecular formula is C29H32F4N4O4. The summed E-state index contributed by atoms with van der Waals surface area (Å²) in [5.41, 5.74) is 0.448. The predicted molar refractivity (Wildman–Crippen MR) is 140 cm³/mol. The van der Waals surface area contributed by atoms with E-state index in [1.807, 2.05) is 0 Å². The number of aryl methyl sites for hydroxylation is 1. The minimum absolute atomic E-state index is 0.000274. The van der Waals surface area contributed by atoms with Crippen LogP contribution in [0.1, 0.15) is 41.5 Å². The quantitative estimate of drug-likeness (QED) is 0.463. The van der Waals surface area contributed by atoms with Gasteiger partial charge in [0.05, 0.1) is 12.1 Å². The highest BCUT2D eigenvalue weighted by Gasteiger charge is 2.49. The number of carbonyl (C=O) groups excluding carboxylic acids is 3. The Bertz CT molecular complexity index is 1300. The van der Waals surface area contributed by atoms with E-state index in [0.29, 0.717) is 24.1 Å². The molecule has 2 aromatic carbocycles. The molecule has 12 heteroatoms. The number of piperazine rings is 1. The lowest BCUT2D eigenvalue weighted by atomic mass is 10.00. The van der Waals surface area contributed by atoms with Gasteiger partial charge in [0.2, 0.25) is 11.8 Å². The van der Waals surface area contributed by atoms with Gasteiger partial charge in [-0.15, -0.1) is 0 Å². The Kier molecular flexibility index (Phi) is 8.21. The molecule has 0 unspecified atom stereocenters. The lowest BCUT2D eigenvalue weighted by Crippen LogP contribution is -2.71. The maximum Gasteiger partial charge on any atom is 0.416 e. The van der Waals surface area contributed by atoms with Crippen LogP contribution in [0.15, 0.2) is 42.5 Å². The van der Waals surface area contributed by atoms with Crippen LogP contribution in [-0.4, -0.2) is 82.4 Å². The Labute approximate surface area is 235 Å². The van der Waals surface area contributed by atoms with Gasteiger partial charge in [-0.1, -0.05) is 23.8 Å². The molecule has 0 bridgehead atoms. The Morgan fingerprint density at radius 3 is 2.41 bits per heavy atom. The molecule has 0 aromatic heterocycles. The van der Waals surface area contributed by atoms with E-state index >= 15 is 0 Å². The van der Waals surface area contributed by atoms with Crippen molar-refractivity contribution in [2.24, 2.45) is 0 Å². The first-order valence-corrected chi connectivity index (χ1v) is 13.7. The van der Waals surface area contributed by atoms with E-state index in [-0.39, 0.29) is 50.0 Å². The van der Waals surface area contributed by atoms with Gasteiger partial charge in [-0.2, -0.15) is 13.2 Å². The van der Waals surface area contributed by atoms with Gasteiger partial charge >= 0.3 is 12.3 Å². The number of ether oxygens (including phenoxy) is 1. The predicted octanol–water partition coefficient (Wildman–Crippen LogP) is 4.16. The van der Waals surface area contributed by atoms with Crippen molar-refractivity contribution in [1.82, 2.24) is 19.6 Å². The van der Waals surface area contributed by atoms with E-state index in [4.69, 9.17) is 4.74 Å². The van der Waals surface area contributed by atoms with Gasteiger partial charge in [0.15, 0.2) is 0 Å². The number of nitrogens with zero attached hydrogens (tertiary/aromatic N) is 4. The largest absolute Gasteiger partial charge is 0.444 e. The van der Waals surface area contributed by atoms with Gasteiger partial charge in [0.25, 0.3) is 0 Å². The molecule has 0 N–H and O–H groups in total. The molecule has 5 rings (SSSR count). The normalized spacial score (nSPS) is 21.5. The van der Waals surface area contributed by atoms with Crippen molar-refractivity contribution in [2.45, 2.75) is 57.7 Å². The minimum atomic E-state index is -4.54. The summed E-state index contributed by atoms with van der Waals surface area (Å²) < 4.78 is 58.8. The highest BCUT2D eigenvalue weighted by atomic mass is 19.4. The van der Waals surface area contributed by atoms with E-state index in [9.17, 15) is 31.9 Å². The topological polar surface area (TPSA) is 73.4 Å². The monoisotopic (exact) mass is 576 g/mol. The van der Waals surface area contributed by atoms with Crippen LogP contribution in [0.2, 0.25) is 0 Å². The molecule has 3 heterocycles. The fourth-order valence-electron chi connectivity index (χ4n) is 5.67. The number of rotatable bonds is 7. The Balaban J connectivity index is 1.36. The zero-order chi connectivity index (χ0) is 29.3. The number of hydrogen-bond acceptors (Lipinski definition) is 5. The van der Waals surface area contributed by atoms with E-state index in [1.54, 1.807) is 17.0 Å². The van der Waals surface area contributed by atoms with Crippen LogP contribution in [-0.2, 0) is 33.7 Å². The van der Waals surface area contributed by atoms with Crippen molar-refractivity contribution >= 4 is 17.9 Å². The number of hydrogen-bond donors (Lipinski definition) is 0. The number of likely N-dealkylation sites (tertiary alicyclic amines) is 1. The zero-order valence-corrected chi connectivity index (χ0v) is 22.7. The van der Waals surface area contributed by atoms with E-state index in [2.05, 4.69) is 4.90 Å². The van der Waals surface area contributed by atoms with Gasteiger partial charge in [0.1, 0.15) is 24.6 Å². The first-order valence-electron chi connectivity index (χ1n) is 13.7. The number of halogens is 4. The number of carbonyl (C=O) groups is 3. The van der Waals surface area contributed by atoms with Crippen LogP contribution in [0, 0.1) is 12.7 Å². The van der Waals surface area contributed by atoms with Crippen LogP contribution in [0.5, 0.6) is 0 Å². The van der Waals surface area contributed by atoms with Crippen molar-refractivity contribution < 1.29 is 36.7 Å². The van der Waals surface area contributed by atoms with Gasteiger partial charge in [-0.05, 0) is 68.2 Å². The number of benzene rings is 2. The van der Waals surface area contributed by atoms with E-state index in [1.165, 1.54) is 34.9 Å². The third kappa shape index (κ3) is 6.47. The molecule has 0 saturated carbocycles. The zero-order valence-electron chi connectivity index (χ0n) is 22.7. The second-order valence-corrected chi connectivity index (χ2v) is 10.8. The number of alkyl halides is 3. The van der Waals surface area contributed by atoms with Crippen molar-refractivity contribution in [3.63, 3.8) is 0 Å². The average molecular weight is 577 g/mol. The van der Waals surface area contributed by atoms with Gasteiger partial charge < -0.3 is 19.4 Å². The van der Waals surface area contributed by atoms with E-state index < -0.39 is 35.9 Å². The summed E-state index contributed by atoms with van der Waals surface area (Å²) in [6, 6.07) is 8.48. The van der Waals surface area contributed by atoms with Crippen molar-refractivity contribution in [1.29, 1.82) is 0 Å². The summed E-state index contributed by atoms with van der Waals surface area (Å²) >= 11 is 0. The summed E-state index contributed by atoms with van der Waals surface area (Å²) in [5, 5.41) is 0. The molecule has 3 saturated heterocycles. The molecule has 3 aliphatic rings. The Hall–Kier alpha value is -3.67. The molecule has 3 amide bonds. The van der Waals surface area contributed by atoms with Gasteiger partial charge in [-0.3, -0.25) is 14.5 Å². The molecule has 2 aromatic rings. The molecular weight excluding hydrogens is 544 g/mol. The summed E-state index contributed by atoms with van der Waals surface area (Å²) in [6.45, 7) is 3.87. The average Bonchev–Trinajstić information content (AvgIpc) is 2.89. The lowest BCUT2D eigenvalue weighted by Gasteiger charge is -2.52. The molecule has 0 radical (unpaired) electrons. The molecule has 3 fully saturated rings. The number of amides is 3. The number of fused-ring (bicyclic) bond motifs is 1. The smallest absolute Gasteiger partial charge is 0.416 e. The Morgan fingerprint density at radius 2 is 1.76 bits per heavy atom. The fourth-order valence-corrected chi connectivity index (χ4v) is 5.67. The molecule has 8 nitrogen and oxygen atoms in total. The van der Waals surface area contributed by atoms with Crippen molar-refractivity contribution in [2.75, 3.05) is 32.7 Å². The summed E-state index contributed by atoms with van der Waals surface area (Å²) in [5.74, 6) is -0.884. The maximum atomic E-state index is 13.7. The van der Waals surface area contributed by atoms with E-state index in [0.717, 1.165) is 31.6 Å². The highest BCUT2D eigenvalue weighted by Crippen LogP contribution is 2.32. The third-order valence-corrected chi connectivity index (χ3v) is 7.87. The summed E-state index contributed by atoms with van der Waals surface area (Å²) in [7, 11) is 0. The van der Waals surface area contributed by atoms with Crippen LogP contribution in [0.25, 0.3) is 0 Å². The fraction of sp³-hybridized carbons (Fsp3) is 0.483. The SMILES string of the molecule is Cc1cc(COC(=O)N2CCC(=O)N3[C@@H]2CN(Cc2ccc(F)cc2)C(=O)[C@@H]3CCN2CCC2)cc(C(F)(F)F)c1. The lowest BCUT2D eigenvalue weighted by molar-refractivity contribution is -0.169. The van der Waals surface area contributed by atoms with Crippen molar-refractivity contribution in [3.8, 4) is 0 Å². The molecule has 41 heavy (non-hydrogen) atoms. The second-order valence-electron chi connectivity index (χ2n) is 10.8. The molecule has 220 valence electrons. The molecule has 0 aliphatic carbocycles. The summed E-state index contributed by atoms with van der Waals surface area (Å²) in [4.78, 5) is 46.7. The summed E-state index contributed by atoms with van der Waals surface area (Å²) in [6.07, 6.45) is -4.64. The van der Waals surface area contributed by atoms with Crippen LogP contribution < -0.4 is 0 Å². The van der Waals surface area contributed by atoms with Gasteiger partial charge in [-0.25, -0.2) is 9.18 Å². The molecule has 2 atom stereocenters. The van der Waals surface area contributed by atoms with Crippen LogP contribution >= 0.6 is 0 Å². The second kappa shape index (κ2) is 11.7. The first kappa shape index (κ1) is 28.8. The maximum absolute atomic E-state index is 13.7. The molecule has 0 spiro atoms. The minimum Gasteiger partial charge on any atom is -0.444 e. The highest BCUT2D eigenvalue weighted by molar-refractivity contribution is 5.90. The third-order valence-electron chi connectivity index (χ3n) is 7.87. The Morgan fingerprint density at radius 1 is 1.02 bits per heavy atom. The standard InChI is InChI=1S/C29H32F4N4O4/c1-19-13-21(15-22(14-19)29(31,32)33)18-41-28(40)36-12-8-26(38)37-24(7-11-34-9-2-10-34)27(39)35(17-25(36)37)16-20-3-5-23(30)6-4-20/h3-6,13-15,24-25H,2,7-12,16-18H2,1H3/t24-,25+/m0/s1. The van der Waals surface area contributed by atoms with Crippen molar-refractivity contribution in [3.05, 3.63) is 70.5 Å². The molecule has 3 aliphatic heterocycles. The van der Waals surface area contributed by atoms with Crippen LogP contribution in [0.4, 0.5) is 22.4 Å². The van der Waals surface area contributed by atoms with Crippen LogP contribution in [0.3, 0.4) is 0 Å².